The van der Waals surface area contributed by atoms with Gasteiger partial charge in [0.25, 0.3) is 0 Å². The van der Waals surface area contributed by atoms with Crippen LogP contribution in [0.3, 0.4) is 0 Å². The van der Waals surface area contributed by atoms with Crippen LogP contribution in [0.1, 0.15) is 18.9 Å². The highest BCUT2D eigenvalue weighted by Crippen LogP contribution is 2.44. The molecule has 0 radical (unpaired) electrons. The minimum atomic E-state index is 0.899. The Morgan fingerprint density at radius 2 is 1.46 bits per heavy atom. The molecular weight excluding hydrogens is 424 g/mol. The second-order valence-corrected chi connectivity index (χ2v) is 9.50. The lowest BCUT2D eigenvalue weighted by atomic mass is 9.91. The first kappa shape index (κ1) is 20.1. The zero-order valence-corrected chi connectivity index (χ0v) is 19.6. The Hall–Kier alpha value is -4.36. The van der Waals surface area contributed by atoms with Gasteiger partial charge in [0.05, 0.1) is 0 Å². The maximum absolute atomic E-state index is 6.41. The summed E-state index contributed by atoms with van der Waals surface area (Å²) in [7, 11) is 0. The largest absolute Gasteiger partial charge is 0.456 e. The molecule has 0 atom stereocenters. The maximum atomic E-state index is 6.41. The molecule has 0 saturated heterocycles. The molecule has 0 spiro atoms. The predicted octanol–water partition coefficient (Wildman–Crippen LogP) is 9.84. The molecule has 1 nitrogen and oxygen atoms in total. The van der Waals surface area contributed by atoms with Crippen molar-refractivity contribution in [2.75, 3.05) is 0 Å². The molecular formula is C34H24O. The molecule has 0 aliphatic heterocycles. The molecule has 0 fully saturated rings. The Kier molecular flexibility index (Phi) is 4.34. The van der Waals surface area contributed by atoms with Gasteiger partial charge in [-0.15, -0.1) is 0 Å². The zero-order valence-electron chi connectivity index (χ0n) is 19.6. The third-order valence-corrected chi connectivity index (χ3v) is 7.30. The van der Waals surface area contributed by atoms with Crippen LogP contribution in [0.25, 0.3) is 60.2 Å². The Morgan fingerprint density at radius 1 is 0.714 bits per heavy atom. The van der Waals surface area contributed by atoms with Gasteiger partial charge in [0, 0.05) is 10.8 Å². The monoisotopic (exact) mass is 448 g/mol. The second kappa shape index (κ2) is 7.58. The first-order valence-electron chi connectivity index (χ1n) is 12.1. The van der Waals surface area contributed by atoms with Crippen LogP contribution < -0.4 is 0 Å². The number of hydrogen-bond acceptors (Lipinski definition) is 1. The van der Waals surface area contributed by atoms with Crippen LogP contribution in [0.4, 0.5) is 0 Å². The Bertz CT molecular complexity index is 1890. The van der Waals surface area contributed by atoms with E-state index < -0.39 is 0 Å². The van der Waals surface area contributed by atoms with Crippen molar-refractivity contribution in [3.05, 3.63) is 126 Å². The normalized spacial score (nSPS) is 14.1. The first-order valence-corrected chi connectivity index (χ1v) is 12.1. The van der Waals surface area contributed by atoms with Crippen molar-refractivity contribution in [3.63, 3.8) is 0 Å². The fourth-order valence-electron chi connectivity index (χ4n) is 5.54. The van der Waals surface area contributed by atoms with Crippen molar-refractivity contribution < 1.29 is 4.42 Å². The molecule has 1 heteroatoms. The summed E-state index contributed by atoms with van der Waals surface area (Å²) in [5, 5.41) is 7.50. The summed E-state index contributed by atoms with van der Waals surface area (Å²) in [5.74, 6) is 0. The Morgan fingerprint density at radius 3 is 2.31 bits per heavy atom. The molecule has 0 bridgehead atoms. The number of allylic oxidation sites excluding steroid dienone is 7. The van der Waals surface area contributed by atoms with E-state index in [1.165, 1.54) is 60.2 Å². The van der Waals surface area contributed by atoms with Gasteiger partial charge in [-0.2, -0.15) is 0 Å². The van der Waals surface area contributed by atoms with Crippen LogP contribution in [0.5, 0.6) is 0 Å². The van der Waals surface area contributed by atoms with Gasteiger partial charge in [0.15, 0.2) is 0 Å². The van der Waals surface area contributed by atoms with Crippen molar-refractivity contribution in [1.29, 1.82) is 0 Å². The smallest absolute Gasteiger partial charge is 0.136 e. The predicted molar refractivity (Wildman–Crippen MR) is 150 cm³/mol. The summed E-state index contributed by atoms with van der Waals surface area (Å²) in [6.07, 6.45) is 9.69. The van der Waals surface area contributed by atoms with E-state index in [-0.39, 0.29) is 0 Å². The van der Waals surface area contributed by atoms with E-state index in [9.17, 15) is 0 Å². The minimum Gasteiger partial charge on any atom is -0.456 e. The lowest BCUT2D eigenvalue weighted by Crippen LogP contribution is -1.87. The molecule has 7 rings (SSSR count). The van der Waals surface area contributed by atoms with Crippen molar-refractivity contribution in [1.82, 2.24) is 0 Å². The molecule has 1 aliphatic rings. The highest BCUT2D eigenvalue weighted by Gasteiger charge is 2.18. The van der Waals surface area contributed by atoms with Gasteiger partial charge in [-0.25, -0.2) is 0 Å². The SMILES string of the molecule is C=C(C)C1=CC=CC(c2cccc(-c3cc4oc5cccc6c7ccccc7c(c3)c4c56)c2)=CC1. The van der Waals surface area contributed by atoms with Gasteiger partial charge in [0.1, 0.15) is 11.2 Å². The van der Waals surface area contributed by atoms with Crippen molar-refractivity contribution in [2.24, 2.45) is 0 Å². The van der Waals surface area contributed by atoms with Crippen LogP contribution in [0.15, 0.2) is 125 Å². The first-order chi connectivity index (χ1) is 17.2. The van der Waals surface area contributed by atoms with Crippen LogP contribution >= 0.6 is 0 Å². The average Bonchev–Trinajstić information content (AvgIpc) is 3.09. The molecule has 6 aromatic rings. The quantitative estimate of drug-likeness (QED) is 0.246. The summed E-state index contributed by atoms with van der Waals surface area (Å²) in [5.41, 5.74) is 9.12. The van der Waals surface area contributed by atoms with Gasteiger partial charge in [0.2, 0.25) is 0 Å². The van der Waals surface area contributed by atoms with E-state index in [0.29, 0.717) is 0 Å². The van der Waals surface area contributed by atoms with E-state index in [1.54, 1.807) is 0 Å². The van der Waals surface area contributed by atoms with Crippen LogP contribution in [0.2, 0.25) is 0 Å². The Labute approximate surface area is 204 Å². The van der Waals surface area contributed by atoms with Crippen molar-refractivity contribution >= 4 is 49.1 Å². The highest BCUT2D eigenvalue weighted by atomic mass is 16.3. The fraction of sp³-hybridized carbons (Fsp3) is 0.0588. The lowest BCUT2D eigenvalue weighted by Gasteiger charge is -2.11. The number of benzene rings is 5. The van der Waals surface area contributed by atoms with Gasteiger partial charge in [-0.05, 0) is 87.0 Å². The highest BCUT2D eigenvalue weighted by molar-refractivity contribution is 6.33. The molecule has 1 heterocycles. The van der Waals surface area contributed by atoms with Crippen molar-refractivity contribution in [2.45, 2.75) is 13.3 Å². The summed E-state index contributed by atoms with van der Waals surface area (Å²) in [6, 6.07) is 28.4. The molecule has 0 saturated carbocycles. The molecule has 0 amide bonds. The van der Waals surface area contributed by atoms with Gasteiger partial charge in [-0.3, -0.25) is 0 Å². The van der Waals surface area contributed by atoms with Crippen molar-refractivity contribution in [3.8, 4) is 11.1 Å². The topological polar surface area (TPSA) is 13.1 Å². The fourth-order valence-corrected chi connectivity index (χ4v) is 5.54. The molecule has 0 unspecified atom stereocenters. The minimum absolute atomic E-state index is 0.899. The number of fused-ring (bicyclic) bond motifs is 3. The second-order valence-electron chi connectivity index (χ2n) is 9.50. The maximum Gasteiger partial charge on any atom is 0.136 e. The summed E-state index contributed by atoms with van der Waals surface area (Å²) < 4.78 is 6.41. The standard InChI is InChI=1S/C34H24O/c1-21(2)22-8-5-9-23(17-16-22)24-10-6-11-25(18-24)26-19-30-28-13-4-3-12-27(28)29-14-7-15-31-33(29)34(30)32(20-26)35-31/h3-15,17-20H,1,16H2,2H3. The van der Waals surface area contributed by atoms with Crippen LogP contribution in [-0.4, -0.2) is 0 Å². The van der Waals surface area contributed by atoms with Crippen LogP contribution in [0, 0.1) is 0 Å². The van der Waals surface area contributed by atoms with Gasteiger partial charge in [-0.1, -0.05) is 91.1 Å². The number of rotatable bonds is 3. The van der Waals surface area contributed by atoms with E-state index in [1.807, 2.05) is 0 Å². The zero-order chi connectivity index (χ0) is 23.5. The molecule has 166 valence electrons. The van der Waals surface area contributed by atoms with E-state index in [4.69, 9.17) is 4.42 Å². The molecule has 0 N–H and O–H groups in total. The summed E-state index contributed by atoms with van der Waals surface area (Å²) in [4.78, 5) is 0. The Balaban J connectivity index is 1.43. The van der Waals surface area contributed by atoms with E-state index >= 15 is 0 Å². The number of furan rings is 1. The van der Waals surface area contributed by atoms with Gasteiger partial charge < -0.3 is 4.42 Å². The van der Waals surface area contributed by atoms with E-state index in [0.717, 1.165) is 23.2 Å². The molecule has 1 aromatic heterocycles. The number of hydrogen-bond donors (Lipinski definition) is 0. The average molecular weight is 449 g/mol. The third kappa shape index (κ3) is 3.09. The summed E-state index contributed by atoms with van der Waals surface area (Å²) >= 11 is 0. The molecule has 5 aromatic carbocycles. The molecule has 1 aliphatic carbocycles. The van der Waals surface area contributed by atoms with Crippen LogP contribution in [-0.2, 0) is 0 Å². The molecule has 35 heavy (non-hydrogen) atoms. The lowest BCUT2D eigenvalue weighted by molar-refractivity contribution is 0.669. The summed E-state index contributed by atoms with van der Waals surface area (Å²) in [6.45, 7) is 6.18. The van der Waals surface area contributed by atoms with Gasteiger partial charge >= 0.3 is 0 Å². The van der Waals surface area contributed by atoms with E-state index in [2.05, 4.69) is 117 Å². The third-order valence-electron chi connectivity index (χ3n) is 7.30.